The van der Waals surface area contributed by atoms with Gasteiger partial charge < -0.3 is 14.6 Å². The number of hydrogen-bond acceptors (Lipinski definition) is 6. The van der Waals surface area contributed by atoms with Gasteiger partial charge in [-0.2, -0.15) is 0 Å². The van der Waals surface area contributed by atoms with Crippen LogP contribution in [0.2, 0.25) is 0 Å². The van der Waals surface area contributed by atoms with E-state index in [1.807, 2.05) is 36.4 Å². The lowest BCUT2D eigenvalue weighted by atomic mass is 10.1. The highest BCUT2D eigenvalue weighted by Gasteiger charge is 2.14. The number of esters is 2. The van der Waals surface area contributed by atoms with Gasteiger partial charge in [0.25, 0.3) is 0 Å². The first-order chi connectivity index (χ1) is 14.4. The number of hydrogen-bond donors (Lipinski definition) is 1. The molecule has 0 saturated carbocycles. The SMILES string of the molecule is C=C(C)C(=O)OCC(O)COC(=O)CCN(Cc1ccccc1)Cc1ccccc1. The first-order valence-electron chi connectivity index (χ1n) is 9.90. The van der Waals surface area contributed by atoms with Gasteiger partial charge in [-0.3, -0.25) is 9.69 Å². The number of carbonyl (C=O) groups excluding carboxylic acids is 2. The number of ether oxygens (including phenoxy) is 2. The molecule has 6 heteroatoms. The van der Waals surface area contributed by atoms with Gasteiger partial charge in [-0.1, -0.05) is 67.2 Å². The Labute approximate surface area is 177 Å². The van der Waals surface area contributed by atoms with Crippen LogP contribution in [0.5, 0.6) is 0 Å². The molecule has 0 fully saturated rings. The summed E-state index contributed by atoms with van der Waals surface area (Å²) in [6.45, 7) is 6.45. The summed E-state index contributed by atoms with van der Waals surface area (Å²) >= 11 is 0. The van der Waals surface area contributed by atoms with E-state index in [0.717, 1.165) is 11.1 Å². The lowest BCUT2D eigenvalue weighted by molar-refractivity contribution is -0.150. The van der Waals surface area contributed by atoms with Gasteiger partial charge in [0.1, 0.15) is 19.3 Å². The Morgan fingerprint density at radius 1 is 0.933 bits per heavy atom. The van der Waals surface area contributed by atoms with Crippen LogP contribution in [0.1, 0.15) is 24.5 Å². The highest BCUT2D eigenvalue weighted by molar-refractivity contribution is 5.86. The molecule has 1 unspecified atom stereocenters. The number of aliphatic hydroxyl groups excluding tert-OH is 1. The second kappa shape index (κ2) is 12.6. The summed E-state index contributed by atoms with van der Waals surface area (Å²) in [5.74, 6) is -0.996. The molecule has 0 heterocycles. The van der Waals surface area contributed by atoms with E-state index < -0.39 is 18.0 Å². The molecule has 0 saturated heterocycles. The van der Waals surface area contributed by atoms with Gasteiger partial charge in [0, 0.05) is 25.2 Å². The standard InChI is InChI=1S/C24H29NO5/c1-19(2)24(28)30-18-22(26)17-29-23(27)13-14-25(15-20-9-5-3-6-10-20)16-21-11-7-4-8-12-21/h3-12,22,26H,1,13-18H2,2H3. The smallest absolute Gasteiger partial charge is 0.333 e. The maximum Gasteiger partial charge on any atom is 0.333 e. The van der Waals surface area contributed by atoms with E-state index in [9.17, 15) is 14.7 Å². The van der Waals surface area contributed by atoms with Gasteiger partial charge in [0.05, 0.1) is 6.42 Å². The normalized spacial score (nSPS) is 11.7. The van der Waals surface area contributed by atoms with Crippen molar-refractivity contribution in [2.75, 3.05) is 19.8 Å². The van der Waals surface area contributed by atoms with Crippen molar-refractivity contribution in [3.05, 3.63) is 83.9 Å². The summed E-state index contributed by atoms with van der Waals surface area (Å²) in [6, 6.07) is 20.1. The van der Waals surface area contributed by atoms with Crippen LogP contribution in [0.3, 0.4) is 0 Å². The molecule has 2 aromatic carbocycles. The Balaban J connectivity index is 1.81. The van der Waals surface area contributed by atoms with Crippen LogP contribution >= 0.6 is 0 Å². The lowest BCUT2D eigenvalue weighted by Crippen LogP contribution is -2.28. The highest BCUT2D eigenvalue weighted by Crippen LogP contribution is 2.11. The number of nitrogens with zero attached hydrogens (tertiary/aromatic N) is 1. The minimum Gasteiger partial charge on any atom is -0.463 e. The summed E-state index contributed by atoms with van der Waals surface area (Å²) in [7, 11) is 0. The zero-order chi connectivity index (χ0) is 21.8. The van der Waals surface area contributed by atoms with Crippen molar-refractivity contribution in [3.8, 4) is 0 Å². The summed E-state index contributed by atoms with van der Waals surface area (Å²) in [6.07, 6.45) is -0.875. The zero-order valence-electron chi connectivity index (χ0n) is 17.3. The summed E-state index contributed by atoms with van der Waals surface area (Å²) < 4.78 is 9.96. The fourth-order valence-electron chi connectivity index (χ4n) is 2.75. The molecule has 1 N–H and O–H groups in total. The first kappa shape index (κ1) is 23.3. The van der Waals surface area contributed by atoms with Crippen LogP contribution in [-0.4, -0.2) is 47.8 Å². The van der Waals surface area contributed by atoms with Crippen LogP contribution in [0.4, 0.5) is 0 Å². The van der Waals surface area contributed by atoms with Crippen LogP contribution in [-0.2, 0) is 32.2 Å². The van der Waals surface area contributed by atoms with Gasteiger partial charge in [0.2, 0.25) is 0 Å². The molecule has 0 aromatic heterocycles. The molecule has 0 spiro atoms. The number of carbonyl (C=O) groups is 2. The molecular formula is C24H29NO5. The average molecular weight is 411 g/mol. The molecule has 0 amide bonds. The van der Waals surface area contributed by atoms with Crippen molar-refractivity contribution in [1.29, 1.82) is 0 Å². The van der Waals surface area contributed by atoms with E-state index in [1.54, 1.807) is 0 Å². The van der Waals surface area contributed by atoms with Crippen LogP contribution in [0.25, 0.3) is 0 Å². The summed E-state index contributed by atoms with van der Waals surface area (Å²) in [5.41, 5.74) is 2.57. The molecule has 2 rings (SSSR count). The molecule has 0 aliphatic carbocycles. The van der Waals surface area contributed by atoms with Crippen molar-refractivity contribution >= 4 is 11.9 Å². The largest absolute Gasteiger partial charge is 0.463 e. The van der Waals surface area contributed by atoms with E-state index in [2.05, 4.69) is 35.7 Å². The Morgan fingerprint density at radius 2 is 1.43 bits per heavy atom. The summed E-state index contributed by atoms with van der Waals surface area (Å²) in [5, 5.41) is 9.80. The molecule has 0 aliphatic heterocycles. The van der Waals surface area contributed by atoms with Crippen molar-refractivity contribution in [2.24, 2.45) is 0 Å². The number of rotatable bonds is 12. The first-order valence-corrected chi connectivity index (χ1v) is 9.90. The molecule has 6 nitrogen and oxygen atoms in total. The van der Waals surface area contributed by atoms with E-state index in [0.29, 0.717) is 19.6 Å². The van der Waals surface area contributed by atoms with E-state index in [-0.39, 0.29) is 25.2 Å². The monoisotopic (exact) mass is 411 g/mol. The predicted molar refractivity (Wildman–Crippen MR) is 114 cm³/mol. The summed E-state index contributed by atoms with van der Waals surface area (Å²) in [4.78, 5) is 25.6. The molecule has 160 valence electrons. The van der Waals surface area contributed by atoms with E-state index in [4.69, 9.17) is 9.47 Å². The maximum absolute atomic E-state index is 12.1. The van der Waals surface area contributed by atoms with E-state index in [1.165, 1.54) is 6.92 Å². The van der Waals surface area contributed by atoms with Gasteiger partial charge in [-0.05, 0) is 18.1 Å². The topological polar surface area (TPSA) is 76.1 Å². The minimum atomic E-state index is -1.07. The molecule has 1 atom stereocenters. The van der Waals surface area contributed by atoms with Gasteiger partial charge in [0.15, 0.2) is 0 Å². The third-order valence-corrected chi connectivity index (χ3v) is 4.32. The lowest BCUT2D eigenvalue weighted by Gasteiger charge is -2.22. The van der Waals surface area contributed by atoms with Gasteiger partial charge in [-0.15, -0.1) is 0 Å². The minimum absolute atomic E-state index is 0.192. The van der Waals surface area contributed by atoms with E-state index >= 15 is 0 Å². The average Bonchev–Trinajstić information content (AvgIpc) is 2.75. The van der Waals surface area contributed by atoms with Crippen molar-refractivity contribution in [2.45, 2.75) is 32.5 Å². The van der Waals surface area contributed by atoms with Crippen molar-refractivity contribution in [1.82, 2.24) is 4.90 Å². The molecule has 0 bridgehead atoms. The van der Waals surface area contributed by atoms with Crippen molar-refractivity contribution in [3.63, 3.8) is 0 Å². The molecular weight excluding hydrogens is 382 g/mol. The Kier molecular flexibility index (Phi) is 9.77. The zero-order valence-corrected chi connectivity index (χ0v) is 17.3. The Hall–Kier alpha value is -2.96. The van der Waals surface area contributed by atoms with Crippen molar-refractivity contribution < 1.29 is 24.2 Å². The second-order valence-corrected chi connectivity index (χ2v) is 7.15. The van der Waals surface area contributed by atoms with Crippen LogP contribution < -0.4 is 0 Å². The highest BCUT2D eigenvalue weighted by atomic mass is 16.6. The Morgan fingerprint density at radius 3 is 1.93 bits per heavy atom. The van der Waals surface area contributed by atoms with Gasteiger partial charge >= 0.3 is 11.9 Å². The molecule has 0 radical (unpaired) electrons. The maximum atomic E-state index is 12.1. The second-order valence-electron chi connectivity index (χ2n) is 7.15. The van der Waals surface area contributed by atoms with Gasteiger partial charge in [-0.25, -0.2) is 4.79 Å². The fraction of sp³-hybridized carbons (Fsp3) is 0.333. The third kappa shape index (κ3) is 9.03. The quantitative estimate of drug-likeness (QED) is 0.427. The number of benzene rings is 2. The van der Waals surface area contributed by atoms with Crippen LogP contribution in [0.15, 0.2) is 72.8 Å². The molecule has 2 aromatic rings. The van der Waals surface area contributed by atoms with Crippen LogP contribution in [0, 0.1) is 0 Å². The third-order valence-electron chi connectivity index (χ3n) is 4.32. The molecule has 30 heavy (non-hydrogen) atoms. The fourth-order valence-corrected chi connectivity index (χ4v) is 2.75. The molecule has 0 aliphatic rings. The predicted octanol–water partition coefficient (Wildman–Crippen LogP) is 3.10. The number of aliphatic hydroxyl groups is 1. The Bertz CT molecular complexity index is 765.